The summed E-state index contributed by atoms with van der Waals surface area (Å²) in [6.45, 7) is 11.7. The second-order valence-electron chi connectivity index (χ2n) is 8.29. The van der Waals surface area contributed by atoms with E-state index in [4.69, 9.17) is 13.9 Å². The molecule has 0 spiro atoms. The molecule has 2 N–H and O–H groups in total. The molecule has 3 heterocycles. The number of rotatable bonds is 2. The normalized spacial score (nSPS) is 24.5. The molecule has 0 saturated carbocycles. The van der Waals surface area contributed by atoms with Crippen molar-refractivity contribution in [2.75, 3.05) is 0 Å². The van der Waals surface area contributed by atoms with Crippen molar-refractivity contribution in [2.24, 2.45) is 0 Å². The lowest BCUT2D eigenvalue weighted by molar-refractivity contribution is 0.00689. The molecule has 4 rings (SSSR count). The largest absolute Gasteiger partial charge is 0.490 e. The van der Waals surface area contributed by atoms with Crippen molar-refractivity contribution in [1.82, 2.24) is 0 Å². The number of aryl methyl sites for hydroxylation is 1. The van der Waals surface area contributed by atoms with E-state index in [9.17, 15) is 15.0 Å². The Balaban J connectivity index is 0.00000117. The van der Waals surface area contributed by atoms with Crippen LogP contribution in [0.4, 0.5) is 0 Å². The number of hydrogen-bond donors (Lipinski definition) is 2. The van der Waals surface area contributed by atoms with Gasteiger partial charge in [-0.15, -0.1) is 0 Å². The molecular weight excluding hydrogens is 372 g/mol. The van der Waals surface area contributed by atoms with E-state index in [2.05, 4.69) is 0 Å². The van der Waals surface area contributed by atoms with Crippen molar-refractivity contribution < 1.29 is 24.1 Å². The number of ether oxygens (including phenoxy) is 2. The predicted molar refractivity (Wildman–Crippen MR) is 112 cm³/mol. The summed E-state index contributed by atoms with van der Waals surface area (Å²) in [4.78, 5) is 12.2. The predicted octanol–water partition coefficient (Wildman–Crippen LogP) is 4.57. The van der Waals surface area contributed by atoms with E-state index in [1.54, 1.807) is 0 Å². The molecule has 0 radical (unpaired) electrons. The van der Waals surface area contributed by atoms with Crippen LogP contribution in [0.5, 0.6) is 11.5 Å². The van der Waals surface area contributed by atoms with Gasteiger partial charge < -0.3 is 24.1 Å². The molecule has 160 valence electrons. The van der Waals surface area contributed by atoms with Gasteiger partial charge in [0, 0.05) is 18.9 Å². The minimum absolute atomic E-state index is 0.221. The zero-order chi connectivity index (χ0) is 21.5. The Hall–Kier alpha value is -2.05. The van der Waals surface area contributed by atoms with Crippen molar-refractivity contribution in [3.05, 3.63) is 33.2 Å². The molecule has 0 bridgehead atoms. The van der Waals surface area contributed by atoms with Crippen LogP contribution in [0, 0.1) is 0 Å². The minimum atomic E-state index is -0.835. The molecular formula is C23H32O6. The van der Waals surface area contributed by atoms with Crippen molar-refractivity contribution in [3.63, 3.8) is 0 Å². The lowest BCUT2D eigenvalue weighted by Gasteiger charge is -2.39. The first-order valence-corrected chi connectivity index (χ1v) is 10.6. The summed E-state index contributed by atoms with van der Waals surface area (Å²) in [5, 5.41) is 22.4. The van der Waals surface area contributed by atoms with Gasteiger partial charge in [0.2, 0.25) is 0 Å². The monoisotopic (exact) mass is 404 g/mol. The van der Waals surface area contributed by atoms with Gasteiger partial charge >= 0.3 is 5.63 Å². The summed E-state index contributed by atoms with van der Waals surface area (Å²) in [6, 6.07) is 1.48. The number of hydrogen-bond acceptors (Lipinski definition) is 6. The minimum Gasteiger partial charge on any atom is -0.490 e. The summed E-state index contributed by atoms with van der Waals surface area (Å²) in [5.41, 5.74) is 1.07. The smallest absolute Gasteiger partial charge is 0.336 e. The Labute approximate surface area is 171 Å². The lowest BCUT2D eigenvalue weighted by atomic mass is 9.84. The van der Waals surface area contributed by atoms with Gasteiger partial charge in [0.25, 0.3) is 0 Å². The molecule has 6 heteroatoms. The Morgan fingerprint density at radius 3 is 2.48 bits per heavy atom. The third-order valence-electron chi connectivity index (χ3n) is 5.37. The van der Waals surface area contributed by atoms with Gasteiger partial charge in [-0.25, -0.2) is 4.79 Å². The maximum absolute atomic E-state index is 12.2. The van der Waals surface area contributed by atoms with Gasteiger partial charge in [-0.1, -0.05) is 27.2 Å². The van der Waals surface area contributed by atoms with E-state index in [0.717, 1.165) is 12.0 Å². The molecule has 2 aliphatic heterocycles. The van der Waals surface area contributed by atoms with E-state index >= 15 is 0 Å². The van der Waals surface area contributed by atoms with Crippen LogP contribution in [0.2, 0.25) is 0 Å². The number of aliphatic hydroxyl groups is 2. The van der Waals surface area contributed by atoms with Crippen LogP contribution in [0.3, 0.4) is 0 Å². The SMILES string of the molecule is CC.CCCc1cc(=O)oc2c3c(c4c(c12)OC(C)(C)CC4O)O[C@H](C)CC3O. The zero-order valence-corrected chi connectivity index (χ0v) is 18.2. The van der Waals surface area contributed by atoms with Crippen LogP contribution in [0.25, 0.3) is 11.0 Å². The van der Waals surface area contributed by atoms with Crippen LogP contribution in [-0.4, -0.2) is 21.9 Å². The first-order chi connectivity index (χ1) is 13.7. The number of aliphatic hydroxyl groups excluding tert-OH is 2. The van der Waals surface area contributed by atoms with Crippen molar-refractivity contribution in [2.45, 2.75) is 91.1 Å². The molecule has 3 atom stereocenters. The first kappa shape index (κ1) is 21.7. The van der Waals surface area contributed by atoms with Gasteiger partial charge in [-0.05, 0) is 32.8 Å². The maximum Gasteiger partial charge on any atom is 0.336 e. The molecule has 2 aromatic rings. The first-order valence-electron chi connectivity index (χ1n) is 10.6. The Bertz CT molecular complexity index is 958. The van der Waals surface area contributed by atoms with E-state index in [1.165, 1.54) is 6.07 Å². The summed E-state index contributed by atoms with van der Waals surface area (Å²) in [7, 11) is 0. The summed E-state index contributed by atoms with van der Waals surface area (Å²) < 4.78 is 17.9. The maximum atomic E-state index is 12.2. The van der Waals surface area contributed by atoms with Crippen LogP contribution in [-0.2, 0) is 6.42 Å². The average molecular weight is 405 g/mol. The fourth-order valence-corrected chi connectivity index (χ4v) is 4.34. The average Bonchev–Trinajstić information content (AvgIpc) is 2.61. The Morgan fingerprint density at radius 2 is 1.83 bits per heavy atom. The molecule has 6 nitrogen and oxygen atoms in total. The summed E-state index contributed by atoms with van der Waals surface area (Å²) in [5.74, 6) is 0.893. The fourth-order valence-electron chi connectivity index (χ4n) is 4.34. The standard InChI is InChI=1S/C21H26O6.C2H6/c1-5-6-11-8-14(24)26-18-15(11)20-17(13(23)9-21(3,4)27-20)19-16(18)12(22)7-10(2)25-19;1-2/h8,10,12-13,22-23H,5-7,9H2,1-4H3;1-2H3/t10-,12?,13?;/m1./s1. The highest BCUT2D eigenvalue weighted by Gasteiger charge is 2.42. The molecule has 2 unspecified atom stereocenters. The molecule has 0 saturated heterocycles. The Morgan fingerprint density at radius 1 is 1.14 bits per heavy atom. The highest BCUT2D eigenvalue weighted by Crippen LogP contribution is 2.54. The highest BCUT2D eigenvalue weighted by atomic mass is 16.5. The third kappa shape index (κ3) is 3.76. The lowest BCUT2D eigenvalue weighted by Crippen LogP contribution is -2.36. The second-order valence-corrected chi connectivity index (χ2v) is 8.29. The van der Waals surface area contributed by atoms with Gasteiger partial charge in [0.15, 0.2) is 5.58 Å². The molecule has 29 heavy (non-hydrogen) atoms. The zero-order valence-electron chi connectivity index (χ0n) is 18.2. The molecule has 0 fully saturated rings. The van der Waals surface area contributed by atoms with E-state index in [0.29, 0.717) is 52.9 Å². The van der Waals surface area contributed by atoms with Gasteiger partial charge in [-0.2, -0.15) is 0 Å². The van der Waals surface area contributed by atoms with Crippen LogP contribution < -0.4 is 15.1 Å². The molecule has 1 aromatic heterocycles. The van der Waals surface area contributed by atoms with Crippen molar-refractivity contribution in [3.8, 4) is 11.5 Å². The molecule has 1 aromatic carbocycles. The number of fused-ring (bicyclic) bond motifs is 6. The molecule has 0 aliphatic carbocycles. The van der Waals surface area contributed by atoms with Crippen LogP contribution in [0.1, 0.15) is 89.7 Å². The van der Waals surface area contributed by atoms with Gasteiger partial charge in [0.1, 0.15) is 17.1 Å². The van der Waals surface area contributed by atoms with Crippen LogP contribution >= 0.6 is 0 Å². The highest BCUT2D eigenvalue weighted by molar-refractivity contribution is 5.94. The quantitative estimate of drug-likeness (QED) is 0.713. The molecule has 0 amide bonds. The van der Waals surface area contributed by atoms with E-state index < -0.39 is 23.4 Å². The second kappa shape index (κ2) is 8.00. The van der Waals surface area contributed by atoms with Gasteiger partial charge in [-0.3, -0.25) is 0 Å². The summed E-state index contributed by atoms with van der Waals surface area (Å²) in [6.07, 6.45) is 0.463. The van der Waals surface area contributed by atoms with Gasteiger partial charge in [0.05, 0.1) is 34.8 Å². The molecule has 2 aliphatic rings. The topological polar surface area (TPSA) is 89.1 Å². The van der Waals surface area contributed by atoms with Crippen LogP contribution in [0.15, 0.2) is 15.3 Å². The third-order valence-corrected chi connectivity index (χ3v) is 5.37. The Kier molecular flexibility index (Phi) is 5.97. The fraction of sp³-hybridized carbons (Fsp3) is 0.609. The van der Waals surface area contributed by atoms with E-state index in [-0.39, 0.29) is 6.10 Å². The van der Waals surface area contributed by atoms with Crippen molar-refractivity contribution >= 4 is 11.0 Å². The van der Waals surface area contributed by atoms with Crippen molar-refractivity contribution in [1.29, 1.82) is 0 Å². The van der Waals surface area contributed by atoms with E-state index in [1.807, 2.05) is 41.5 Å². The number of benzene rings is 1. The summed E-state index contributed by atoms with van der Waals surface area (Å²) >= 11 is 0.